The molecule has 98 valence electrons. The van der Waals surface area contributed by atoms with Crippen molar-refractivity contribution in [1.29, 1.82) is 0 Å². The number of halogens is 1. The first kappa shape index (κ1) is 14.7. The molecule has 7 heteroatoms. The van der Waals surface area contributed by atoms with Crippen molar-refractivity contribution in [3.63, 3.8) is 0 Å². The highest BCUT2D eigenvalue weighted by Gasteiger charge is 2.19. The van der Waals surface area contributed by atoms with E-state index < -0.39 is 17.9 Å². The topological polar surface area (TPSA) is 92.4 Å². The molecule has 0 saturated carbocycles. The SMILES string of the molecule is CC(=O)NC(CSc1c(N)cccc1Cl)C(=O)O. The number of anilines is 1. The number of hydrogen-bond donors (Lipinski definition) is 3. The van der Waals surface area contributed by atoms with E-state index in [9.17, 15) is 9.59 Å². The van der Waals surface area contributed by atoms with E-state index in [0.717, 1.165) is 0 Å². The van der Waals surface area contributed by atoms with Crippen molar-refractivity contribution >= 4 is 40.9 Å². The molecule has 0 saturated heterocycles. The molecule has 0 fully saturated rings. The standard InChI is InChI=1S/C11H13ClN2O3S/c1-6(15)14-9(11(16)17)5-18-10-7(12)3-2-4-8(10)13/h2-4,9H,5,13H2,1H3,(H,14,15)(H,16,17). The van der Waals surface area contributed by atoms with Gasteiger partial charge < -0.3 is 16.2 Å². The molecular weight excluding hydrogens is 276 g/mol. The van der Waals surface area contributed by atoms with E-state index >= 15 is 0 Å². The van der Waals surface area contributed by atoms with E-state index in [1.165, 1.54) is 18.7 Å². The van der Waals surface area contributed by atoms with Gasteiger partial charge in [0.1, 0.15) is 6.04 Å². The molecule has 0 aromatic heterocycles. The zero-order chi connectivity index (χ0) is 13.7. The second kappa shape index (κ2) is 6.51. The number of hydrogen-bond acceptors (Lipinski definition) is 4. The van der Waals surface area contributed by atoms with Crippen LogP contribution in [0.5, 0.6) is 0 Å². The predicted octanol–water partition coefficient (Wildman–Crippen LogP) is 1.60. The lowest BCUT2D eigenvalue weighted by atomic mass is 10.3. The van der Waals surface area contributed by atoms with Crippen molar-refractivity contribution in [3.05, 3.63) is 23.2 Å². The molecule has 1 rings (SSSR count). The molecule has 4 N–H and O–H groups in total. The molecule has 0 heterocycles. The summed E-state index contributed by atoms with van der Waals surface area (Å²) in [6.45, 7) is 1.27. The summed E-state index contributed by atoms with van der Waals surface area (Å²) >= 11 is 7.16. The summed E-state index contributed by atoms with van der Waals surface area (Å²) in [6.07, 6.45) is 0. The Kier molecular flexibility index (Phi) is 5.30. The van der Waals surface area contributed by atoms with Crippen LogP contribution in [0.4, 0.5) is 5.69 Å². The number of nitrogens with one attached hydrogen (secondary N) is 1. The summed E-state index contributed by atoms with van der Waals surface area (Å²) < 4.78 is 0. The average Bonchev–Trinajstić information content (AvgIpc) is 2.26. The maximum atomic E-state index is 10.9. The predicted molar refractivity (Wildman–Crippen MR) is 71.8 cm³/mol. The molecule has 1 aromatic rings. The molecule has 0 spiro atoms. The Morgan fingerprint density at radius 3 is 2.72 bits per heavy atom. The van der Waals surface area contributed by atoms with Crippen LogP contribution < -0.4 is 11.1 Å². The zero-order valence-electron chi connectivity index (χ0n) is 9.64. The Morgan fingerprint density at radius 2 is 2.22 bits per heavy atom. The number of nitrogen functional groups attached to an aromatic ring is 1. The minimum atomic E-state index is -1.09. The number of nitrogens with two attached hydrogens (primary N) is 1. The summed E-state index contributed by atoms with van der Waals surface area (Å²) in [6, 6.07) is 4.10. The van der Waals surface area contributed by atoms with Gasteiger partial charge in [0.05, 0.1) is 5.02 Å². The molecule has 5 nitrogen and oxygen atoms in total. The molecule has 0 aliphatic heterocycles. The molecule has 0 aliphatic rings. The summed E-state index contributed by atoms with van der Waals surface area (Å²) in [5.74, 6) is -1.33. The number of carbonyl (C=O) groups excluding carboxylic acids is 1. The molecule has 1 atom stereocenters. The number of amides is 1. The van der Waals surface area contributed by atoms with E-state index in [1.54, 1.807) is 18.2 Å². The smallest absolute Gasteiger partial charge is 0.327 e. The fraction of sp³-hybridized carbons (Fsp3) is 0.273. The van der Waals surface area contributed by atoms with Gasteiger partial charge in [-0.3, -0.25) is 4.79 Å². The first-order valence-electron chi connectivity index (χ1n) is 5.08. The van der Waals surface area contributed by atoms with Crippen LogP contribution >= 0.6 is 23.4 Å². The van der Waals surface area contributed by atoms with Crippen molar-refractivity contribution in [2.75, 3.05) is 11.5 Å². The number of benzene rings is 1. The molecule has 18 heavy (non-hydrogen) atoms. The van der Waals surface area contributed by atoms with Crippen LogP contribution in [0.25, 0.3) is 0 Å². The number of aliphatic carboxylic acids is 1. The second-order valence-electron chi connectivity index (χ2n) is 3.56. The third-order valence-electron chi connectivity index (χ3n) is 2.07. The minimum Gasteiger partial charge on any atom is -0.480 e. The zero-order valence-corrected chi connectivity index (χ0v) is 11.2. The van der Waals surface area contributed by atoms with Crippen molar-refractivity contribution in [3.8, 4) is 0 Å². The van der Waals surface area contributed by atoms with Crippen LogP contribution in [0, 0.1) is 0 Å². The Balaban J connectivity index is 2.73. The Morgan fingerprint density at radius 1 is 1.56 bits per heavy atom. The van der Waals surface area contributed by atoms with Crippen LogP contribution in [-0.2, 0) is 9.59 Å². The van der Waals surface area contributed by atoms with Crippen molar-refractivity contribution in [1.82, 2.24) is 5.32 Å². The number of carboxylic acid groups (broad SMARTS) is 1. The van der Waals surface area contributed by atoms with Gasteiger partial charge in [0.15, 0.2) is 0 Å². The van der Waals surface area contributed by atoms with Crippen LogP contribution in [0.3, 0.4) is 0 Å². The van der Waals surface area contributed by atoms with Gasteiger partial charge in [0.25, 0.3) is 0 Å². The number of carboxylic acids is 1. The highest BCUT2D eigenvalue weighted by molar-refractivity contribution is 7.99. The molecular formula is C11H13ClN2O3S. The normalized spacial score (nSPS) is 11.9. The van der Waals surface area contributed by atoms with Gasteiger partial charge >= 0.3 is 5.97 Å². The molecule has 0 aliphatic carbocycles. The van der Waals surface area contributed by atoms with Crippen molar-refractivity contribution in [2.45, 2.75) is 17.9 Å². The van der Waals surface area contributed by atoms with Gasteiger partial charge in [-0.2, -0.15) is 0 Å². The first-order valence-corrected chi connectivity index (χ1v) is 6.45. The van der Waals surface area contributed by atoms with Crippen molar-refractivity contribution < 1.29 is 14.7 Å². The maximum Gasteiger partial charge on any atom is 0.327 e. The van der Waals surface area contributed by atoms with Crippen LogP contribution in [0.15, 0.2) is 23.1 Å². The Hall–Kier alpha value is -1.40. The van der Waals surface area contributed by atoms with Crippen molar-refractivity contribution in [2.24, 2.45) is 0 Å². The fourth-order valence-corrected chi connectivity index (χ4v) is 2.61. The third kappa shape index (κ3) is 4.12. The quantitative estimate of drug-likeness (QED) is 0.565. The number of carbonyl (C=O) groups is 2. The van der Waals surface area contributed by atoms with Gasteiger partial charge in [-0.05, 0) is 12.1 Å². The maximum absolute atomic E-state index is 10.9. The highest BCUT2D eigenvalue weighted by Crippen LogP contribution is 2.32. The van der Waals surface area contributed by atoms with Gasteiger partial charge in [-0.25, -0.2) is 4.79 Å². The number of thioether (sulfide) groups is 1. The monoisotopic (exact) mass is 288 g/mol. The van der Waals surface area contributed by atoms with E-state index in [4.69, 9.17) is 22.4 Å². The molecule has 1 aromatic carbocycles. The fourth-order valence-electron chi connectivity index (χ4n) is 1.26. The Labute approximate surface area is 114 Å². The van der Waals surface area contributed by atoms with Crippen LogP contribution in [0.1, 0.15) is 6.92 Å². The van der Waals surface area contributed by atoms with E-state index in [1.807, 2.05) is 0 Å². The lowest BCUT2D eigenvalue weighted by Crippen LogP contribution is -2.41. The summed E-state index contributed by atoms with van der Waals surface area (Å²) in [5, 5.41) is 11.8. The minimum absolute atomic E-state index is 0.156. The van der Waals surface area contributed by atoms with Crippen LogP contribution in [-0.4, -0.2) is 28.8 Å². The van der Waals surface area contributed by atoms with E-state index in [2.05, 4.69) is 5.32 Å². The van der Waals surface area contributed by atoms with Gasteiger partial charge in [-0.15, -0.1) is 11.8 Å². The summed E-state index contributed by atoms with van der Waals surface area (Å²) in [7, 11) is 0. The summed E-state index contributed by atoms with van der Waals surface area (Å²) in [5.41, 5.74) is 6.23. The average molecular weight is 289 g/mol. The lowest BCUT2D eigenvalue weighted by Gasteiger charge is -2.14. The van der Waals surface area contributed by atoms with Crippen LogP contribution in [0.2, 0.25) is 5.02 Å². The lowest BCUT2D eigenvalue weighted by molar-refractivity contribution is -0.140. The molecule has 1 amide bonds. The Bertz CT molecular complexity index is 447. The largest absolute Gasteiger partial charge is 0.480 e. The second-order valence-corrected chi connectivity index (χ2v) is 5.00. The van der Waals surface area contributed by atoms with Gasteiger partial charge in [-0.1, -0.05) is 17.7 Å². The first-order chi connectivity index (χ1) is 8.41. The van der Waals surface area contributed by atoms with E-state index in [-0.39, 0.29) is 5.75 Å². The molecule has 0 bridgehead atoms. The van der Waals surface area contributed by atoms with Gasteiger partial charge in [0, 0.05) is 23.3 Å². The number of rotatable bonds is 5. The molecule has 0 radical (unpaired) electrons. The third-order valence-corrected chi connectivity index (χ3v) is 3.74. The summed E-state index contributed by atoms with van der Waals surface area (Å²) in [4.78, 5) is 22.4. The highest BCUT2D eigenvalue weighted by atomic mass is 35.5. The molecule has 1 unspecified atom stereocenters. The van der Waals surface area contributed by atoms with E-state index in [0.29, 0.717) is 15.6 Å². The van der Waals surface area contributed by atoms with Gasteiger partial charge in [0.2, 0.25) is 5.91 Å².